The minimum Gasteiger partial charge on any atom is -0.299 e. The van der Waals surface area contributed by atoms with Gasteiger partial charge < -0.3 is 0 Å². The summed E-state index contributed by atoms with van der Waals surface area (Å²) in [7, 11) is 0. The zero-order valence-electron chi connectivity index (χ0n) is 14.2. The third-order valence-corrected chi connectivity index (χ3v) is 5.07. The summed E-state index contributed by atoms with van der Waals surface area (Å²) in [5, 5.41) is 0. The number of ketones is 2. The number of hydrogen-bond acceptors (Lipinski definition) is 2. The lowest BCUT2D eigenvalue weighted by Crippen LogP contribution is -2.39. The standard InChI is InChI=1S/C19H34O2/c1-3-4-5-6-7-8-9-10-11-12-16-19(2)17(20)14-13-15-18(19)21/h3-16H2,1-2H3. The maximum atomic E-state index is 12.0. The third kappa shape index (κ3) is 6.32. The van der Waals surface area contributed by atoms with E-state index in [0.717, 1.165) is 19.3 Å². The maximum Gasteiger partial charge on any atom is 0.146 e. The van der Waals surface area contributed by atoms with Crippen LogP contribution in [0.15, 0.2) is 0 Å². The molecule has 0 unspecified atom stereocenters. The summed E-state index contributed by atoms with van der Waals surface area (Å²) in [6.07, 6.45) is 15.7. The number of hydrogen-bond donors (Lipinski definition) is 0. The summed E-state index contributed by atoms with van der Waals surface area (Å²) >= 11 is 0. The van der Waals surface area contributed by atoms with Crippen molar-refractivity contribution in [3.63, 3.8) is 0 Å². The lowest BCUT2D eigenvalue weighted by atomic mass is 9.70. The van der Waals surface area contributed by atoms with Gasteiger partial charge in [0.05, 0.1) is 5.41 Å². The normalized spacial score (nSPS) is 18.2. The Bertz CT molecular complexity index is 304. The Morgan fingerprint density at radius 1 is 0.762 bits per heavy atom. The van der Waals surface area contributed by atoms with E-state index in [2.05, 4.69) is 6.92 Å². The quantitative estimate of drug-likeness (QED) is 0.366. The average Bonchev–Trinajstić information content (AvgIpc) is 2.47. The summed E-state index contributed by atoms with van der Waals surface area (Å²) in [6, 6.07) is 0. The highest BCUT2D eigenvalue weighted by Gasteiger charge is 2.41. The van der Waals surface area contributed by atoms with Crippen LogP contribution >= 0.6 is 0 Å². The SMILES string of the molecule is CCCCCCCCCCCCC1(C)C(=O)CCCC1=O. The van der Waals surface area contributed by atoms with Crippen molar-refractivity contribution in [2.75, 3.05) is 0 Å². The Morgan fingerprint density at radius 3 is 1.67 bits per heavy atom. The van der Waals surface area contributed by atoms with E-state index in [1.165, 1.54) is 57.8 Å². The van der Waals surface area contributed by atoms with Gasteiger partial charge >= 0.3 is 0 Å². The lowest BCUT2D eigenvalue weighted by molar-refractivity contribution is -0.143. The third-order valence-electron chi connectivity index (χ3n) is 5.07. The van der Waals surface area contributed by atoms with Gasteiger partial charge in [0.25, 0.3) is 0 Å². The molecule has 1 rings (SSSR count). The van der Waals surface area contributed by atoms with Crippen molar-refractivity contribution in [1.82, 2.24) is 0 Å². The number of carbonyl (C=O) groups is 2. The molecule has 1 fully saturated rings. The first-order valence-electron chi connectivity index (χ1n) is 9.18. The first-order valence-corrected chi connectivity index (χ1v) is 9.18. The molecule has 0 N–H and O–H groups in total. The molecule has 0 amide bonds. The van der Waals surface area contributed by atoms with Gasteiger partial charge in [-0.1, -0.05) is 71.1 Å². The van der Waals surface area contributed by atoms with Crippen LogP contribution < -0.4 is 0 Å². The number of Topliss-reactive ketones (excluding diaryl/α,β-unsaturated/α-hetero) is 2. The van der Waals surface area contributed by atoms with Crippen molar-refractivity contribution in [1.29, 1.82) is 0 Å². The molecule has 2 nitrogen and oxygen atoms in total. The molecule has 1 aliphatic carbocycles. The van der Waals surface area contributed by atoms with Crippen LogP contribution in [-0.4, -0.2) is 11.6 Å². The molecule has 0 aromatic heterocycles. The largest absolute Gasteiger partial charge is 0.299 e. The molecule has 0 radical (unpaired) electrons. The monoisotopic (exact) mass is 294 g/mol. The Kier molecular flexibility index (Phi) is 8.87. The summed E-state index contributed by atoms with van der Waals surface area (Å²) in [4.78, 5) is 24.0. The second-order valence-electron chi connectivity index (χ2n) is 6.96. The molecule has 0 heterocycles. The van der Waals surface area contributed by atoms with Gasteiger partial charge in [0, 0.05) is 12.8 Å². The number of rotatable bonds is 11. The Morgan fingerprint density at radius 2 is 1.19 bits per heavy atom. The van der Waals surface area contributed by atoms with Crippen LogP contribution in [-0.2, 0) is 9.59 Å². The molecule has 0 aliphatic heterocycles. The number of carbonyl (C=O) groups excluding carboxylic acids is 2. The van der Waals surface area contributed by atoms with E-state index in [1.807, 2.05) is 6.92 Å². The molecule has 1 aliphatic rings. The van der Waals surface area contributed by atoms with Crippen LogP contribution in [0, 0.1) is 5.41 Å². The van der Waals surface area contributed by atoms with E-state index in [0.29, 0.717) is 12.8 Å². The highest BCUT2D eigenvalue weighted by molar-refractivity contribution is 6.08. The first kappa shape index (κ1) is 18.4. The van der Waals surface area contributed by atoms with Crippen LogP contribution in [0.5, 0.6) is 0 Å². The van der Waals surface area contributed by atoms with E-state index in [4.69, 9.17) is 0 Å². The van der Waals surface area contributed by atoms with Gasteiger partial charge in [-0.3, -0.25) is 9.59 Å². The van der Waals surface area contributed by atoms with E-state index < -0.39 is 5.41 Å². The van der Waals surface area contributed by atoms with Crippen molar-refractivity contribution in [2.24, 2.45) is 5.41 Å². The van der Waals surface area contributed by atoms with Crippen LogP contribution in [0.3, 0.4) is 0 Å². The van der Waals surface area contributed by atoms with E-state index in [1.54, 1.807) is 0 Å². The van der Waals surface area contributed by atoms with Gasteiger partial charge in [0.15, 0.2) is 0 Å². The molecule has 0 spiro atoms. The van der Waals surface area contributed by atoms with E-state index in [-0.39, 0.29) is 11.6 Å². The van der Waals surface area contributed by atoms with Crippen LogP contribution in [0.25, 0.3) is 0 Å². The van der Waals surface area contributed by atoms with Crippen LogP contribution in [0.1, 0.15) is 104 Å². The Labute approximate surface area is 131 Å². The van der Waals surface area contributed by atoms with Crippen molar-refractivity contribution in [2.45, 2.75) is 104 Å². The Balaban J connectivity index is 2.03. The predicted octanol–water partition coefficient (Wildman–Crippen LogP) is 5.63. The van der Waals surface area contributed by atoms with Gasteiger partial charge in [-0.05, 0) is 19.8 Å². The van der Waals surface area contributed by atoms with Gasteiger partial charge in [-0.15, -0.1) is 0 Å². The summed E-state index contributed by atoms with van der Waals surface area (Å²) < 4.78 is 0. The molecule has 0 bridgehead atoms. The fourth-order valence-electron chi connectivity index (χ4n) is 3.36. The smallest absolute Gasteiger partial charge is 0.146 e. The van der Waals surface area contributed by atoms with Gasteiger partial charge in [0.1, 0.15) is 11.6 Å². The van der Waals surface area contributed by atoms with Crippen molar-refractivity contribution in [3.05, 3.63) is 0 Å². The second-order valence-corrected chi connectivity index (χ2v) is 6.96. The Hall–Kier alpha value is -0.660. The minimum atomic E-state index is -0.640. The zero-order chi connectivity index (χ0) is 15.6. The molecular formula is C19H34O2. The maximum absolute atomic E-state index is 12.0. The van der Waals surface area contributed by atoms with Crippen LogP contribution in [0.4, 0.5) is 0 Å². The average molecular weight is 294 g/mol. The van der Waals surface area contributed by atoms with Crippen molar-refractivity contribution in [3.8, 4) is 0 Å². The van der Waals surface area contributed by atoms with Crippen molar-refractivity contribution < 1.29 is 9.59 Å². The highest BCUT2D eigenvalue weighted by Crippen LogP contribution is 2.34. The number of unbranched alkanes of at least 4 members (excludes halogenated alkanes) is 9. The summed E-state index contributed by atoms with van der Waals surface area (Å²) in [5.41, 5.74) is -0.640. The van der Waals surface area contributed by atoms with Crippen molar-refractivity contribution >= 4 is 11.6 Å². The first-order chi connectivity index (χ1) is 10.1. The minimum absolute atomic E-state index is 0.190. The fourth-order valence-corrected chi connectivity index (χ4v) is 3.36. The molecule has 0 atom stereocenters. The van der Waals surface area contributed by atoms with E-state index >= 15 is 0 Å². The molecule has 1 saturated carbocycles. The fraction of sp³-hybridized carbons (Fsp3) is 0.895. The van der Waals surface area contributed by atoms with Gasteiger partial charge in [-0.2, -0.15) is 0 Å². The van der Waals surface area contributed by atoms with Gasteiger partial charge in [0.2, 0.25) is 0 Å². The molecule has 0 saturated heterocycles. The molecular weight excluding hydrogens is 260 g/mol. The molecule has 122 valence electrons. The molecule has 0 aromatic carbocycles. The van der Waals surface area contributed by atoms with E-state index in [9.17, 15) is 9.59 Å². The zero-order valence-corrected chi connectivity index (χ0v) is 14.2. The molecule has 0 aromatic rings. The summed E-state index contributed by atoms with van der Waals surface area (Å²) in [6.45, 7) is 4.13. The van der Waals surface area contributed by atoms with Crippen LogP contribution in [0.2, 0.25) is 0 Å². The van der Waals surface area contributed by atoms with Gasteiger partial charge in [-0.25, -0.2) is 0 Å². The lowest BCUT2D eigenvalue weighted by Gasteiger charge is -2.30. The molecule has 2 heteroatoms. The second kappa shape index (κ2) is 10.1. The summed E-state index contributed by atoms with van der Waals surface area (Å²) in [5.74, 6) is 0.379. The topological polar surface area (TPSA) is 34.1 Å². The molecule has 21 heavy (non-hydrogen) atoms. The predicted molar refractivity (Wildman–Crippen MR) is 88.4 cm³/mol. The highest BCUT2D eigenvalue weighted by atomic mass is 16.2.